The van der Waals surface area contributed by atoms with E-state index in [1.165, 1.54) is 25.3 Å². The van der Waals surface area contributed by atoms with Crippen LogP contribution >= 0.6 is 31.9 Å². The number of benzene rings is 2. The summed E-state index contributed by atoms with van der Waals surface area (Å²) < 4.78 is 19.7. The van der Waals surface area contributed by atoms with Crippen LogP contribution in [-0.2, 0) is 0 Å². The number of hydrogen-bond acceptors (Lipinski definition) is 2. The van der Waals surface area contributed by atoms with Gasteiger partial charge in [-0.05, 0) is 30.3 Å². The van der Waals surface area contributed by atoms with Crippen molar-refractivity contribution >= 4 is 43.5 Å². The van der Waals surface area contributed by atoms with Crippen LogP contribution in [0.2, 0.25) is 0 Å². The predicted octanol–water partition coefficient (Wildman–Crippen LogP) is 4.61. The first-order valence-corrected chi connectivity index (χ1v) is 7.19. The fourth-order valence-corrected chi connectivity index (χ4v) is 2.94. The van der Waals surface area contributed by atoms with E-state index in [1.807, 2.05) is 6.07 Å². The summed E-state index contributed by atoms with van der Waals surface area (Å²) in [4.78, 5) is 12.2. The molecule has 0 saturated carbocycles. The molecule has 3 nitrogen and oxygen atoms in total. The van der Waals surface area contributed by atoms with E-state index < -0.39 is 5.82 Å². The summed E-state index contributed by atoms with van der Waals surface area (Å²) in [6.07, 6.45) is 0. The Balaban J connectivity index is 2.27. The van der Waals surface area contributed by atoms with Crippen molar-refractivity contribution in [2.24, 2.45) is 0 Å². The van der Waals surface area contributed by atoms with Crippen molar-refractivity contribution in [3.63, 3.8) is 0 Å². The van der Waals surface area contributed by atoms with E-state index in [1.54, 1.807) is 12.1 Å². The number of anilines is 1. The Kier molecular flexibility index (Phi) is 4.77. The van der Waals surface area contributed by atoms with Gasteiger partial charge in [0.25, 0.3) is 5.91 Å². The topological polar surface area (TPSA) is 38.3 Å². The lowest BCUT2D eigenvalue weighted by Crippen LogP contribution is -2.12. The molecule has 20 heavy (non-hydrogen) atoms. The second kappa shape index (κ2) is 6.37. The highest BCUT2D eigenvalue weighted by molar-refractivity contribution is 9.11. The fourth-order valence-electron chi connectivity index (χ4n) is 1.65. The second-order valence-corrected chi connectivity index (χ2v) is 5.79. The lowest BCUT2D eigenvalue weighted by Gasteiger charge is -2.10. The van der Waals surface area contributed by atoms with Gasteiger partial charge in [-0.2, -0.15) is 0 Å². The van der Waals surface area contributed by atoms with Crippen LogP contribution in [0.25, 0.3) is 0 Å². The third kappa shape index (κ3) is 3.58. The van der Waals surface area contributed by atoms with E-state index in [0.717, 1.165) is 8.95 Å². The van der Waals surface area contributed by atoms with Gasteiger partial charge >= 0.3 is 0 Å². The van der Waals surface area contributed by atoms with Crippen LogP contribution < -0.4 is 10.1 Å². The highest BCUT2D eigenvalue weighted by Gasteiger charge is 2.11. The number of rotatable bonds is 3. The highest BCUT2D eigenvalue weighted by atomic mass is 79.9. The Morgan fingerprint density at radius 2 is 1.80 bits per heavy atom. The number of amides is 1. The van der Waals surface area contributed by atoms with Crippen LogP contribution in [0.1, 0.15) is 10.4 Å². The Bertz CT molecular complexity index is 641. The average molecular weight is 403 g/mol. The number of nitrogens with one attached hydrogen (secondary N) is 1. The van der Waals surface area contributed by atoms with E-state index in [-0.39, 0.29) is 11.7 Å². The summed E-state index contributed by atoms with van der Waals surface area (Å²) >= 11 is 6.64. The van der Waals surface area contributed by atoms with E-state index in [4.69, 9.17) is 4.74 Å². The molecular weight excluding hydrogens is 393 g/mol. The minimum atomic E-state index is -0.426. The third-order valence-electron chi connectivity index (χ3n) is 2.54. The molecule has 0 aromatic heterocycles. The summed E-state index contributed by atoms with van der Waals surface area (Å²) in [6.45, 7) is 0. The number of halogens is 3. The van der Waals surface area contributed by atoms with Gasteiger partial charge in [0.05, 0.1) is 12.8 Å². The fraction of sp³-hybridized carbons (Fsp3) is 0.0714. The molecule has 0 radical (unpaired) electrons. The smallest absolute Gasteiger partial charge is 0.255 e. The van der Waals surface area contributed by atoms with Crippen LogP contribution in [0, 0.1) is 5.82 Å². The van der Waals surface area contributed by atoms with Crippen molar-refractivity contribution in [3.8, 4) is 5.75 Å². The second-order valence-electron chi connectivity index (χ2n) is 3.96. The van der Waals surface area contributed by atoms with Crippen LogP contribution in [0.15, 0.2) is 45.3 Å². The first-order valence-electron chi connectivity index (χ1n) is 5.60. The zero-order valence-corrected chi connectivity index (χ0v) is 13.6. The summed E-state index contributed by atoms with van der Waals surface area (Å²) in [6, 6.07) is 9.14. The lowest BCUT2D eigenvalue weighted by atomic mass is 10.2. The van der Waals surface area contributed by atoms with Crippen LogP contribution in [0.3, 0.4) is 0 Å². The van der Waals surface area contributed by atoms with Crippen molar-refractivity contribution in [2.75, 3.05) is 12.4 Å². The van der Waals surface area contributed by atoms with E-state index in [2.05, 4.69) is 37.2 Å². The molecule has 1 N–H and O–H groups in total. The van der Waals surface area contributed by atoms with Gasteiger partial charge in [-0.25, -0.2) is 4.39 Å². The Hall–Kier alpha value is -1.40. The van der Waals surface area contributed by atoms with Crippen LogP contribution in [0.5, 0.6) is 5.75 Å². The Morgan fingerprint density at radius 1 is 1.15 bits per heavy atom. The van der Waals surface area contributed by atoms with Crippen LogP contribution in [-0.4, -0.2) is 13.0 Å². The molecule has 0 fully saturated rings. The number of carbonyl (C=O) groups excluding carboxylic acids is 1. The molecule has 6 heteroatoms. The number of methoxy groups -OCH3 is 1. The molecule has 0 heterocycles. The van der Waals surface area contributed by atoms with Gasteiger partial charge in [0.15, 0.2) is 0 Å². The largest absolute Gasteiger partial charge is 0.494 e. The predicted molar refractivity (Wildman–Crippen MR) is 82.7 cm³/mol. The minimum Gasteiger partial charge on any atom is -0.494 e. The van der Waals surface area contributed by atoms with Gasteiger partial charge in [0.2, 0.25) is 0 Å². The van der Waals surface area contributed by atoms with E-state index in [9.17, 15) is 9.18 Å². The van der Waals surface area contributed by atoms with Crippen LogP contribution in [0.4, 0.5) is 10.1 Å². The van der Waals surface area contributed by atoms with Gasteiger partial charge < -0.3 is 10.1 Å². The molecule has 1 amide bonds. The van der Waals surface area contributed by atoms with Crippen molar-refractivity contribution in [1.29, 1.82) is 0 Å². The highest BCUT2D eigenvalue weighted by Crippen LogP contribution is 2.26. The Morgan fingerprint density at radius 3 is 2.40 bits per heavy atom. The molecule has 0 aliphatic carbocycles. The van der Waals surface area contributed by atoms with Crippen molar-refractivity contribution in [2.45, 2.75) is 0 Å². The van der Waals surface area contributed by atoms with Gasteiger partial charge in [-0.3, -0.25) is 4.79 Å². The summed E-state index contributed by atoms with van der Waals surface area (Å²) in [5, 5.41) is 2.69. The summed E-state index contributed by atoms with van der Waals surface area (Å²) in [7, 11) is 1.42. The maximum atomic E-state index is 13.1. The molecule has 0 spiro atoms. The molecule has 104 valence electrons. The zero-order chi connectivity index (χ0) is 14.7. The van der Waals surface area contributed by atoms with Crippen molar-refractivity contribution in [1.82, 2.24) is 0 Å². The standard InChI is InChI=1S/C14H10Br2FNO2/c1-20-13-7-11(17)2-3-12(13)18-14(19)8-4-9(15)6-10(16)5-8/h2-7H,1H3,(H,18,19). The van der Waals surface area contributed by atoms with E-state index in [0.29, 0.717) is 11.3 Å². The molecule has 2 aromatic rings. The van der Waals surface area contributed by atoms with Gasteiger partial charge in [0.1, 0.15) is 11.6 Å². The molecule has 0 bridgehead atoms. The molecule has 0 saturated heterocycles. The average Bonchev–Trinajstić information content (AvgIpc) is 2.39. The molecular formula is C14H10Br2FNO2. The molecule has 0 unspecified atom stereocenters. The maximum absolute atomic E-state index is 13.1. The number of ether oxygens (including phenoxy) is 1. The molecule has 2 rings (SSSR count). The lowest BCUT2D eigenvalue weighted by molar-refractivity contribution is 0.102. The summed E-state index contributed by atoms with van der Waals surface area (Å²) in [5.41, 5.74) is 0.882. The van der Waals surface area contributed by atoms with Gasteiger partial charge in [-0.1, -0.05) is 31.9 Å². The molecule has 0 aliphatic rings. The molecule has 2 aromatic carbocycles. The van der Waals surface area contributed by atoms with Crippen molar-refractivity contribution < 1.29 is 13.9 Å². The maximum Gasteiger partial charge on any atom is 0.255 e. The quantitative estimate of drug-likeness (QED) is 0.813. The number of hydrogen-bond donors (Lipinski definition) is 1. The first-order chi connectivity index (χ1) is 9.49. The molecule has 0 aliphatic heterocycles. The number of carbonyl (C=O) groups is 1. The Labute approximate surface area is 132 Å². The minimum absolute atomic E-state index is 0.271. The zero-order valence-electron chi connectivity index (χ0n) is 10.4. The SMILES string of the molecule is COc1cc(F)ccc1NC(=O)c1cc(Br)cc(Br)c1. The normalized spacial score (nSPS) is 10.2. The monoisotopic (exact) mass is 401 g/mol. The molecule has 0 atom stereocenters. The first kappa shape index (κ1) is 15.0. The van der Waals surface area contributed by atoms with Gasteiger partial charge in [0, 0.05) is 20.6 Å². The third-order valence-corrected chi connectivity index (χ3v) is 3.45. The van der Waals surface area contributed by atoms with Gasteiger partial charge in [-0.15, -0.1) is 0 Å². The van der Waals surface area contributed by atoms with E-state index >= 15 is 0 Å². The summed E-state index contributed by atoms with van der Waals surface area (Å²) in [5.74, 6) is -0.464. The van der Waals surface area contributed by atoms with Crippen molar-refractivity contribution in [3.05, 3.63) is 56.7 Å².